The number of anilines is 3. The molecule has 0 bridgehead atoms. The highest BCUT2D eigenvalue weighted by atomic mass is 35.5. The van der Waals surface area contributed by atoms with Gasteiger partial charge in [0.25, 0.3) is 0 Å². The number of halogens is 1. The second kappa shape index (κ2) is 6.99. The molecule has 4 rings (SSSR count). The summed E-state index contributed by atoms with van der Waals surface area (Å²) >= 11 is 0. The predicted molar refractivity (Wildman–Crippen MR) is 94.9 cm³/mol. The van der Waals surface area contributed by atoms with E-state index in [1.165, 1.54) is 0 Å². The van der Waals surface area contributed by atoms with Crippen LogP contribution in [-0.2, 0) is 0 Å². The van der Waals surface area contributed by atoms with Gasteiger partial charge in [0.2, 0.25) is 29.4 Å². The number of benzene rings is 1. The fourth-order valence-corrected chi connectivity index (χ4v) is 2.35. The summed E-state index contributed by atoms with van der Waals surface area (Å²) in [4.78, 5) is 18.9. The number of nitrogens with zero attached hydrogens (tertiary/aromatic N) is 6. The first kappa shape index (κ1) is 17.1. The van der Waals surface area contributed by atoms with Gasteiger partial charge in [0.1, 0.15) is 0 Å². The molecule has 0 saturated carbocycles. The highest BCUT2D eigenvalue weighted by molar-refractivity contribution is 5.85. The Balaban J connectivity index is 0.00000182. The number of aromatic nitrogens is 5. The molecular formula is C15H17ClN8O. The summed E-state index contributed by atoms with van der Waals surface area (Å²) < 4.78 is 5.29. The van der Waals surface area contributed by atoms with Crippen molar-refractivity contribution in [2.24, 2.45) is 0 Å². The largest absolute Gasteiger partial charge is 0.368 e. The lowest BCUT2D eigenvalue weighted by Crippen LogP contribution is -2.40. The van der Waals surface area contributed by atoms with Crippen LogP contribution >= 0.6 is 12.4 Å². The highest BCUT2D eigenvalue weighted by Crippen LogP contribution is 2.24. The van der Waals surface area contributed by atoms with Gasteiger partial charge in [-0.2, -0.15) is 19.9 Å². The Labute approximate surface area is 150 Å². The number of hydrogen-bond acceptors (Lipinski definition) is 9. The van der Waals surface area contributed by atoms with E-state index < -0.39 is 0 Å². The third kappa shape index (κ3) is 3.37. The topological polar surface area (TPSA) is 119 Å². The zero-order chi connectivity index (χ0) is 16.5. The Morgan fingerprint density at radius 2 is 1.84 bits per heavy atom. The molecule has 3 aromatic rings. The third-order valence-electron chi connectivity index (χ3n) is 3.86. The monoisotopic (exact) mass is 360 g/mol. The summed E-state index contributed by atoms with van der Waals surface area (Å²) in [5.74, 6) is 1.96. The van der Waals surface area contributed by atoms with Crippen molar-refractivity contribution in [1.82, 2.24) is 30.4 Å². The van der Waals surface area contributed by atoms with Crippen LogP contribution in [0.4, 0.5) is 17.6 Å². The number of hydrogen-bond donors (Lipinski definition) is 2. The Hall–Kier alpha value is -2.78. The molecule has 25 heavy (non-hydrogen) atoms. The van der Waals surface area contributed by atoms with Crippen LogP contribution in [0.3, 0.4) is 0 Å². The molecule has 3 N–H and O–H groups in total. The smallest absolute Gasteiger partial charge is 0.240 e. The molecule has 3 heterocycles. The fraction of sp³-hybridized carbons (Fsp3) is 0.267. The summed E-state index contributed by atoms with van der Waals surface area (Å²) in [6.45, 7) is 1.67. The van der Waals surface area contributed by atoms with Crippen LogP contribution in [0.5, 0.6) is 0 Å². The van der Waals surface area contributed by atoms with Crippen LogP contribution in [0.1, 0.15) is 11.8 Å². The maximum atomic E-state index is 5.83. The van der Waals surface area contributed by atoms with Crippen LogP contribution in [-0.4, -0.2) is 45.2 Å². The van der Waals surface area contributed by atoms with Crippen molar-refractivity contribution in [3.63, 3.8) is 0 Å². The minimum Gasteiger partial charge on any atom is -0.368 e. The van der Waals surface area contributed by atoms with Crippen LogP contribution in [0.25, 0.3) is 11.6 Å². The molecule has 9 nitrogen and oxygen atoms in total. The van der Waals surface area contributed by atoms with Gasteiger partial charge >= 0.3 is 0 Å². The molecule has 130 valence electrons. The average Bonchev–Trinajstić information content (AvgIpc) is 3.02. The lowest BCUT2D eigenvalue weighted by molar-refractivity contribution is 0.308. The van der Waals surface area contributed by atoms with Gasteiger partial charge < -0.3 is 20.5 Å². The Kier molecular flexibility index (Phi) is 4.77. The molecule has 2 aromatic heterocycles. The molecule has 1 aliphatic rings. The Morgan fingerprint density at radius 3 is 2.52 bits per heavy atom. The van der Waals surface area contributed by atoms with Crippen LogP contribution in [0.2, 0.25) is 0 Å². The van der Waals surface area contributed by atoms with E-state index in [0.717, 1.165) is 18.8 Å². The molecule has 0 aliphatic carbocycles. The van der Waals surface area contributed by atoms with Gasteiger partial charge in [-0.3, -0.25) is 0 Å². The van der Waals surface area contributed by atoms with E-state index in [1.54, 1.807) is 0 Å². The maximum Gasteiger partial charge on any atom is 0.240 e. The first-order chi connectivity index (χ1) is 11.7. The van der Waals surface area contributed by atoms with E-state index in [4.69, 9.17) is 10.3 Å². The van der Waals surface area contributed by atoms with E-state index in [-0.39, 0.29) is 24.3 Å². The molecule has 0 unspecified atom stereocenters. The number of nitrogen functional groups attached to an aromatic ring is 1. The second-order valence-corrected chi connectivity index (χ2v) is 5.52. The summed E-state index contributed by atoms with van der Waals surface area (Å²) in [6, 6.07) is 9.73. The molecule has 0 amide bonds. The van der Waals surface area contributed by atoms with Gasteiger partial charge in [0.15, 0.2) is 0 Å². The van der Waals surface area contributed by atoms with Gasteiger partial charge in [-0.25, -0.2) is 0 Å². The second-order valence-electron chi connectivity index (χ2n) is 5.52. The van der Waals surface area contributed by atoms with E-state index >= 15 is 0 Å². The van der Waals surface area contributed by atoms with Crippen molar-refractivity contribution in [2.45, 2.75) is 5.92 Å². The summed E-state index contributed by atoms with van der Waals surface area (Å²) in [5, 5.41) is 7.13. The zero-order valence-corrected chi connectivity index (χ0v) is 14.3. The number of nitrogens with one attached hydrogen (secondary N) is 1. The maximum absolute atomic E-state index is 5.83. The first-order valence-corrected chi connectivity index (χ1v) is 7.56. The van der Waals surface area contributed by atoms with Gasteiger partial charge in [0.05, 0.1) is 5.92 Å². The zero-order valence-electron chi connectivity index (χ0n) is 13.5. The Bertz CT molecular complexity index is 852. The molecule has 0 atom stereocenters. The highest BCUT2D eigenvalue weighted by Gasteiger charge is 2.26. The number of rotatable bonds is 4. The van der Waals surface area contributed by atoms with E-state index in [9.17, 15) is 0 Å². The predicted octanol–water partition coefficient (Wildman–Crippen LogP) is 1.38. The number of nitrogens with two attached hydrogens (primary N) is 1. The lowest BCUT2D eigenvalue weighted by Gasteiger charge is -2.22. The number of para-hydroxylation sites is 1. The summed E-state index contributed by atoms with van der Waals surface area (Å²) in [5.41, 5.74) is 6.77. The van der Waals surface area contributed by atoms with Gasteiger partial charge in [-0.1, -0.05) is 23.4 Å². The standard InChI is InChI=1S/C15H16N8O.ClH/c1-23(10-5-3-2-4-6-10)15-20-11(19-14(16)21-15)12-18-13(24-22-12)9-7-17-8-9;/h2-6,9,17H,7-8H2,1H3,(H2,16,19,20,21);1H. The molecular weight excluding hydrogens is 344 g/mol. The molecule has 1 saturated heterocycles. The molecule has 1 fully saturated rings. The van der Waals surface area contributed by atoms with Gasteiger partial charge in [-0.05, 0) is 12.1 Å². The van der Waals surface area contributed by atoms with E-state index in [0.29, 0.717) is 23.5 Å². The molecule has 0 spiro atoms. The van der Waals surface area contributed by atoms with Crippen molar-refractivity contribution in [1.29, 1.82) is 0 Å². The first-order valence-electron chi connectivity index (χ1n) is 7.56. The van der Waals surface area contributed by atoms with Crippen molar-refractivity contribution in [2.75, 3.05) is 30.8 Å². The van der Waals surface area contributed by atoms with Crippen molar-refractivity contribution in [3.8, 4) is 11.6 Å². The van der Waals surface area contributed by atoms with Crippen molar-refractivity contribution >= 4 is 30.0 Å². The SMILES string of the molecule is CN(c1ccccc1)c1nc(N)nc(-c2noc(C3CNC3)n2)n1.Cl. The Morgan fingerprint density at radius 1 is 1.08 bits per heavy atom. The van der Waals surface area contributed by atoms with Crippen LogP contribution in [0, 0.1) is 0 Å². The molecule has 1 aromatic carbocycles. The van der Waals surface area contributed by atoms with E-state index in [2.05, 4.69) is 30.4 Å². The minimum atomic E-state index is 0. The fourth-order valence-electron chi connectivity index (χ4n) is 2.35. The molecule has 1 aliphatic heterocycles. The normalized spacial score (nSPS) is 13.8. The summed E-state index contributed by atoms with van der Waals surface area (Å²) in [7, 11) is 1.86. The molecule has 10 heteroatoms. The molecule has 0 radical (unpaired) electrons. The lowest BCUT2D eigenvalue weighted by atomic mass is 10.0. The summed E-state index contributed by atoms with van der Waals surface area (Å²) in [6.07, 6.45) is 0. The minimum absolute atomic E-state index is 0. The van der Waals surface area contributed by atoms with Crippen molar-refractivity contribution in [3.05, 3.63) is 36.2 Å². The van der Waals surface area contributed by atoms with Gasteiger partial charge in [0, 0.05) is 25.8 Å². The average molecular weight is 361 g/mol. The van der Waals surface area contributed by atoms with Crippen LogP contribution < -0.4 is 16.0 Å². The van der Waals surface area contributed by atoms with Gasteiger partial charge in [-0.15, -0.1) is 12.4 Å². The van der Waals surface area contributed by atoms with Crippen molar-refractivity contribution < 1.29 is 4.52 Å². The quantitative estimate of drug-likeness (QED) is 0.710. The third-order valence-corrected chi connectivity index (χ3v) is 3.86. The van der Waals surface area contributed by atoms with Crippen LogP contribution in [0.15, 0.2) is 34.9 Å². The van der Waals surface area contributed by atoms with E-state index in [1.807, 2.05) is 42.3 Å².